The van der Waals surface area contributed by atoms with Gasteiger partial charge in [-0.05, 0) is 18.5 Å². The highest BCUT2D eigenvalue weighted by Crippen LogP contribution is 2.29. The second-order valence-electron chi connectivity index (χ2n) is 2.57. The number of alkyl halides is 6. The Morgan fingerprint density at radius 3 is 2.19 bits per heavy atom. The van der Waals surface area contributed by atoms with Crippen LogP contribution in [0.2, 0.25) is 0 Å². The summed E-state index contributed by atoms with van der Waals surface area (Å²) in [5.41, 5.74) is 0. The van der Waals surface area contributed by atoms with Gasteiger partial charge in [0.1, 0.15) is 0 Å². The van der Waals surface area contributed by atoms with Crippen molar-refractivity contribution >= 4 is 29.2 Å². The number of carbonyl (C=O) groups is 1. The minimum Gasteiger partial charge on any atom is -0.420 e. The van der Waals surface area contributed by atoms with Crippen molar-refractivity contribution in [1.29, 1.82) is 0 Å². The first-order valence-electron chi connectivity index (χ1n) is 3.98. The number of ether oxygens (including phenoxy) is 2. The van der Waals surface area contributed by atoms with Crippen LogP contribution in [0.3, 0.4) is 0 Å². The van der Waals surface area contributed by atoms with Crippen molar-refractivity contribution < 1.29 is 31.8 Å². The van der Waals surface area contributed by atoms with Gasteiger partial charge in [-0.3, -0.25) is 0 Å². The van der Waals surface area contributed by atoms with Crippen molar-refractivity contribution in [2.45, 2.75) is 24.5 Å². The molecule has 0 aromatic rings. The molecule has 0 heterocycles. The highest BCUT2D eigenvalue weighted by atomic mass is 35.5. The van der Waals surface area contributed by atoms with Crippen LogP contribution in [0.15, 0.2) is 0 Å². The summed E-state index contributed by atoms with van der Waals surface area (Å²) in [5, 5.41) is -4.41. The van der Waals surface area contributed by atoms with Gasteiger partial charge in [-0.25, -0.2) is 13.6 Å². The Morgan fingerprint density at radius 1 is 1.44 bits per heavy atom. The summed E-state index contributed by atoms with van der Waals surface area (Å²) in [5.74, 6) is -6.26. The van der Waals surface area contributed by atoms with Crippen LogP contribution in [0.5, 0.6) is 0 Å². The molecule has 0 N–H and O–H groups in total. The molecular formula is C7H8Cl2F4O3. The lowest BCUT2D eigenvalue weighted by Gasteiger charge is -2.30. The first kappa shape index (κ1) is 15.7. The molecule has 1 unspecified atom stereocenters. The number of carbonyl (C=O) groups excluding carboxylic acids is 1. The van der Waals surface area contributed by atoms with Crippen molar-refractivity contribution in [3.05, 3.63) is 0 Å². The second kappa shape index (κ2) is 5.88. The Balaban J connectivity index is 4.86. The number of hydrogen-bond donors (Lipinski definition) is 0. The Kier molecular flexibility index (Phi) is 5.78. The maximum atomic E-state index is 12.5. The molecule has 0 saturated carbocycles. The van der Waals surface area contributed by atoms with E-state index in [1.807, 2.05) is 0 Å². The number of halogens is 6. The molecule has 0 aliphatic carbocycles. The smallest absolute Gasteiger partial charge is 0.418 e. The zero-order valence-electron chi connectivity index (χ0n) is 7.98. The van der Waals surface area contributed by atoms with Crippen LogP contribution in [-0.4, -0.2) is 36.1 Å². The molecule has 9 heteroatoms. The molecular weight excluding hydrogens is 279 g/mol. The lowest BCUT2D eigenvalue weighted by molar-refractivity contribution is -0.274. The van der Waals surface area contributed by atoms with Gasteiger partial charge in [-0.2, -0.15) is 8.78 Å². The van der Waals surface area contributed by atoms with Crippen LogP contribution in [0.1, 0.15) is 6.92 Å². The maximum absolute atomic E-state index is 12.5. The number of hydrogen-bond acceptors (Lipinski definition) is 3. The normalized spacial score (nSPS) is 16.0. The van der Waals surface area contributed by atoms with E-state index in [1.54, 1.807) is 0 Å². The Morgan fingerprint density at radius 2 is 1.94 bits per heavy atom. The van der Waals surface area contributed by atoms with E-state index in [2.05, 4.69) is 21.1 Å². The SMILES string of the molecule is CCOC(CCl)(OC(=O)C(F)(F)Cl)C(F)F. The van der Waals surface area contributed by atoms with Crippen molar-refractivity contribution in [2.24, 2.45) is 0 Å². The van der Waals surface area contributed by atoms with Gasteiger partial charge in [0.2, 0.25) is 0 Å². The molecule has 0 spiro atoms. The summed E-state index contributed by atoms with van der Waals surface area (Å²) in [6, 6.07) is 0. The van der Waals surface area contributed by atoms with Crippen molar-refractivity contribution in [1.82, 2.24) is 0 Å². The van der Waals surface area contributed by atoms with Gasteiger partial charge >= 0.3 is 17.8 Å². The fraction of sp³-hybridized carbons (Fsp3) is 0.857. The topological polar surface area (TPSA) is 35.5 Å². The lowest BCUT2D eigenvalue weighted by Crippen LogP contribution is -2.49. The van der Waals surface area contributed by atoms with Crippen LogP contribution < -0.4 is 0 Å². The summed E-state index contributed by atoms with van der Waals surface area (Å²) in [6.07, 6.45) is -3.38. The van der Waals surface area contributed by atoms with Gasteiger partial charge in [0.05, 0.1) is 5.88 Å². The molecule has 96 valence electrons. The molecule has 0 amide bonds. The molecule has 0 aromatic heterocycles. The predicted molar refractivity (Wildman–Crippen MR) is 48.0 cm³/mol. The van der Waals surface area contributed by atoms with Crippen LogP contribution in [0.4, 0.5) is 17.6 Å². The van der Waals surface area contributed by atoms with Gasteiger partial charge in [0, 0.05) is 6.61 Å². The van der Waals surface area contributed by atoms with E-state index >= 15 is 0 Å². The fourth-order valence-corrected chi connectivity index (χ4v) is 1.01. The molecule has 0 fully saturated rings. The molecule has 0 saturated heterocycles. The monoisotopic (exact) mass is 286 g/mol. The van der Waals surface area contributed by atoms with Crippen LogP contribution in [0.25, 0.3) is 0 Å². The van der Waals surface area contributed by atoms with E-state index in [4.69, 9.17) is 11.6 Å². The second-order valence-corrected chi connectivity index (χ2v) is 3.31. The highest BCUT2D eigenvalue weighted by molar-refractivity contribution is 6.31. The molecule has 0 aliphatic rings. The molecule has 16 heavy (non-hydrogen) atoms. The number of rotatable bonds is 6. The van der Waals surface area contributed by atoms with E-state index in [9.17, 15) is 22.4 Å². The molecule has 0 radical (unpaired) electrons. The fourth-order valence-electron chi connectivity index (χ4n) is 0.720. The Labute approximate surface area is 98.6 Å². The summed E-state index contributed by atoms with van der Waals surface area (Å²) >= 11 is 9.42. The molecule has 3 nitrogen and oxygen atoms in total. The summed E-state index contributed by atoms with van der Waals surface area (Å²) in [6.45, 7) is 0.995. The maximum Gasteiger partial charge on any atom is 0.418 e. The largest absolute Gasteiger partial charge is 0.420 e. The lowest BCUT2D eigenvalue weighted by atomic mass is 10.3. The van der Waals surface area contributed by atoms with Gasteiger partial charge < -0.3 is 9.47 Å². The summed E-state index contributed by atoms with van der Waals surface area (Å²) in [7, 11) is 0. The molecule has 0 aliphatic heterocycles. The van der Waals surface area contributed by atoms with E-state index < -0.39 is 29.4 Å². The van der Waals surface area contributed by atoms with Gasteiger partial charge in [-0.1, -0.05) is 0 Å². The van der Waals surface area contributed by atoms with Gasteiger partial charge in [0.15, 0.2) is 0 Å². The van der Waals surface area contributed by atoms with E-state index in [-0.39, 0.29) is 6.61 Å². The van der Waals surface area contributed by atoms with Crippen molar-refractivity contribution in [2.75, 3.05) is 12.5 Å². The third-order valence-electron chi connectivity index (χ3n) is 1.40. The third kappa shape index (κ3) is 3.95. The summed E-state index contributed by atoms with van der Waals surface area (Å²) in [4.78, 5) is 10.6. The van der Waals surface area contributed by atoms with E-state index in [1.165, 1.54) is 6.92 Å². The zero-order valence-corrected chi connectivity index (χ0v) is 9.50. The first-order valence-corrected chi connectivity index (χ1v) is 4.89. The average molecular weight is 287 g/mol. The highest BCUT2D eigenvalue weighted by Gasteiger charge is 2.50. The first-order chi connectivity index (χ1) is 7.19. The molecule has 0 rings (SSSR count). The van der Waals surface area contributed by atoms with E-state index in [0.29, 0.717) is 0 Å². The van der Waals surface area contributed by atoms with Crippen LogP contribution in [-0.2, 0) is 14.3 Å². The Hall–Kier alpha value is -0.270. The summed E-state index contributed by atoms with van der Waals surface area (Å²) < 4.78 is 57.7. The molecule has 0 bridgehead atoms. The minimum absolute atomic E-state index is 0.307. The quantitative estimate of drug-likeness (QED) is 0.326. The molecule has 0 aromatic carbocycles. The Bertz CT molecular complexity index is 246. The zero-order chi connectivity index (χ0) is 13.0. The van der Waals surface area contributed by atoms with Gasteiger partial charge in [0.25, 0.3) is 5.79 Å². The van der Waals surface area contributed by atoms with Crippen molar-refractivity contribution in [3.63, 3.8) is 0 Å². The number of esters is 1. The average Bonchev–Trinajstić information content (AvgIpc) is 2.14. The van der Waals surface area contributed by atoms with Crippen molar-refractivity contribution in [3.8, 4) is 0 Å². The molecule has 1 atom stereocenters. The van der Waals surface area contributed by atoms with E-state index in [0.717, 1.165) is 0 Å². The van der Waals surface area contributed by atoms with Crippen LogP contribution >= 0.6 is 23.2 Å². The predicted octanol–water partition coefficient (Wildman–Crippen LogP) is 2.60. The minimum atomic E-state index is -4.41. The van der Waals surface area contributed by atoms with Crippen LogP contribution in [0, 0.1) is 0 Å². The standard InChI is InChI=1S/C7H8Cl2F4O3/c1-2-15-6(3-8,4(10)11)16-5(14)7(9,12)13/h4H,2-3H2,1H3. The van der Waals surface area contributed by atoms with Gasteiger partial charge in [-0.15, -0.1) is 11.6 Å². The third-order valence-corrected chi connectivity index (χ3v) is 1.93.